The number of hydrogen-bond acceptors (Lipinski definition) is 2. The lowest BCUT2D eigenvalue weighted by atomic mass is 10.1. The molecular formula is C13H14OS. The molecule has 0 bridgehead atoms. The average Bonchev–Trinajstić information content (AvgIpc) is 2.66. The summed E-state index contributed by atoms with van der Waals surface area (Å²) in [5.74, 6) is 0.416. The topological polar surface area (TPSA) is 20.2 Å². The van der Waals surface area contributed by atoms with Crippen molar-refractivity contribution in [1.82, 2.24) is 0 Å². The summed E-state index contributed by atoms with van der Waals surface area (Å²) in [6.45, 7) is 2.15. The number of hydrogen-bond donors (Lipinski definition) is 1. The van der Waals surface area contributed by atoms with E-state index in [0.717, 1.165) is 17.7 Å². The lowest BCUT2D eigenvalue weighted by Crippen LogP contribution is -1.86. The third-order valence-corrected chi connectivity index (χ3v) is 3.43. The minimum Gasteiger partial charge on any atom is -0.507 e. The molecule has 2 rings (SSSR count). The first kappa shape index (κ1) is 10.2. The first-order valence-corrected chi connectivity index (χ1v) is 6.00. The Balaban J connectivity index is 2.14. The molecule has 0 radical (unpaired) electrons. The normalized spacial score (nSPS) is 10.5. The van der Waals surface area contributed by atoms with E-state index in [1.54, 1.807) is 17.4 Å². The van der Waals surface area contributed by atoms with Crippen molar-refractivity contribution in [2.24, 2.45) is 0 Å². The highest BCUT2D eigenvalue weighted by atomic mass is 32.1. The highest BCUT2D eigenvalue weighted by Crippen LogP contribution is 2.25. The highest BCUT2D eigenvalue weighted by Gasteiger charge is 2.03. The van der Waals surface area contributed by atoms with Crippen LogP contribution in [0.25, 0.3) is 0 Å². The summed E-state index contributed by atoms with van der Waals surface area (Å²) in [5, 5.41) is 11.4. The van der Waals surface area contributed by atoms with Crippen LogP contribution in [0.2, 0.25) is 0 Å². The first-order valence-electron chi connectivity index (χ1n) is 5.12. The Morgan fingerprint density at radius 3 is 2.27 bits per heavy atom. The fraction of sp³-hybridized carbons (Fsp3) is 0.231. The summed E-state index contributed by atoms with van der Waals surface area (Å²) in [6, 6.07) is 10.3. The van der Waals surface area contributed by atoms with Gasteiger partial charge in [0.2, 0.25) is 0 Å². The number of aromatic hydroxyl groups is 1. The second kappa shape index (κ2) is 4.49. The Hall–Kier alpha value is -1.28. The average molecular weight is 218 g/mol. The van der Waals surface area contributed by atoms with Crippen LogP contribution in [0.4, 0.5) is 0 Å². The Morgan fingerprint density at radius 1 is 1.07 bits per heavy atom. The number of aryl methyl sites for hydroxylation is 1. The SMILES string of the molecule is CCc1ccc(Cc2sccc2O)cc1. The highest BCUT2D eigenvalue weighted by molar-refractivity contribution is 7.10. The second-order valence-electron chi connectivity index (χ2n) is 3.58. The summed E-state index contributed by atoms with van der Waals surface area (Å²) in [6.07, 6.45) is 1.90. The molecule has 0 amide bonds. The van der Waals surface area contributed by atoms with Gasteiger partial charge in [0.05, 0.1) is 4.88 Å². The van der Waals surface area contributed by atoms with E-state index in [4.69, 9.17) is 0 Å². The number of benzene rings is 1. The van der Waals surface area contributed by atoms with E-state index in [9.17, 15) is 5.11 Å². The van der Waals surface area contributed by atoms with Gasteiger partial charge in [0, 0.05) is 6.42 Å². The molecule has 1 heterocycles. The molecule has 2 aromatic rings. The third-order valence-electron chi connectivity index (χ3n) is 2.52. The van der Waals surface area contributed by atoms with E-state index >= 15 is 0 Å². The Morgan fingerprint density at radius 2 is 1.73 bits per heavy atom. The van der Waals surface area contributed by atoms with Gasteiger partial charge in [-0.05, 0) is 29.0 Å². The zero-order chi connectivity index (χ0) is 10.7. The lowest BCUT2D eigenvalue weighted by molar-refractivity contribution is 0.473. The molecule has 1 N–H and O–H groups in total. The zero-order valence-corrected chi connectivity index (χ0v) is 9.55. The molecule has 0 saturated heterocycles. The molecule has 0 unspecified atom stereocenters. The van der Waals surface area contributed by atoms with Crippen LogP contribution >= 0.6 is 11.3 Å². The molecule has 0 aliphatic heterocycles. The van der Waals surface area contributed by atoms with Gasteiger partial charge in [-0.3, -0.25) is 0 Å². The summed E-state index contributed by atoms with van der Waals surface area (Å²) < 4.78 is 0. The second-order valence-corrected chi connectivity index (χ2v) is 4.58. The monoisotopic (exact) mass is 218 g/mol. The van der Waals surface area contributed by atoms with Gasteiger partial charge in [-0.15, -0.1) is 11.3 Å². The van der Waals surface area contributed by atoms with Crippen LogP contribution in [-0.2, 0) is 12.8 Å². The van der Waals surface area contributed by atoms with E-state index in [-0.39, 0.29) is 0 Å². The summed E-state index contributed by atoms with van der Waals surface area (Å²) in [7, 11) is 0. The van der Waals surface area contributed by atoms with E-state index in [1.165, 1.54) is 11.1 Å². The number of rotatable bonds is 3. The van der Waals surface area contributed by atoms with Crippen LogP contribution < -0.4 is 0 Å². The van der Waals surface area contributed by atoms with Gasteiger partial charge < -0.3 is 5.11 Å². The van der Waals surface area contributed by atoms with Crippen molar-refractivity contribution in [3.8, 4) is 5.75 Å². The van der Waals surface area contributed by atoms with E-state index in [0.29, 0.717) is 5.75 Å². The van der Waals surface area contributed by atoms with Gasteiger partial charge in [0.25, 0.3) is 0 Å². The van der Waals surface area contributed by atoms with Gasteiger partial charge in [-0.1, -0.05) is 31.2 Å². The Labute approximate surface area is 94.0 Å². The van der Waals surface area contributed by atoms with Gasteiger partial charge in [-0.2, -0.15) is 0 Å². The molecule has 2 heteroatoms. The summed E-state index contributed by atoms with van der Waals surface area (Å²) >= 11 is 1.60. The molecule has 1 aromatic heterocycles. The maximum atomic E-state index is 9.52. The molecular weight excluding hydrogens is 204 g/mol. The predicted molar refractivity (Wildman–Crippen MR) is 64.6 cm³/mol. The molecule has 15 heavy (non-hydrogen) atoms. The molecule has 1 aromatic carbocycles. The molecule has 0 atom stereocenters. The Bertz CT molecular complexity index is 428. The maximum absolute atomic E-state index is 9.52. The summed E-state index contributed by atoms with van der Waals surface area (Å²) in [4.78, 5) is 1.04. The fourth-order valence-electron chi connectivity index (χ4n) is 1.54. The van der Waals surface area contributed by atoms with Crippen molar-refractivity contribution in [2.75, 3.05) is 0 Å². The van der Waals surface area contributed by atoms with Crippen molar-refractivity contribution in [2.45, 2.75) is 19.8 Å². The molecule has 0 spiro atoms. The minimum atomic E-state index is 0.416. The molecule has 0 aliphatic rings. The summed E-state index contributed by atoms with van der Waals surface area (Å²) in [5.41, 5.74) is 2.61. The minimum absolute atomic E-state index is 0.416. The quantitative estimate of drug-likeness (QED) is 0.834. The standard InChI is InChI=1S/C13H14OS/c1-2-10-3-5-11(6-4-10)9-13-12(14)7-8-15-13/h3-8,14H,2,9H2,1H3. The van der Waals surface area contributed by atoms with Gasteiger partial charge in [0.15, 0.2) is 0 Å². The van der Waals surface area contributed by atoms with E-state index in [1.807, 2.05) is 5.38 Å². The van der Waals surface area contributed by atoms with Crippen molar-refractivity contribution in [1.29, 1.82) is 0 Å². The lowest BCUT2D eigenvalue weighted by Gasteiger charge is -2.01. The molecule has 0 fully saturated rings. The smallest absolute Gasteiger partial charge is 0.129 e. The maximum Gasteiger partial charge on any atom is 0.129 e. The fourth-order valence-corrected chi connectivity index (χ4v) is 2.34. The predicted octanol–water partition coefficient (Wildman–Crippen LogP) is 3.61. The van der Waals surface area contributed by atoms with Crippen LogP contribution in [0.5, 0.6) is 5.75 Å². The van der Waals surface area contributed by atoms with Crippen molar-refractivity contribution in [3.05, 3.63) is 51.7 Å². The Kier molecular flexibility index (Phi) is 3.07. The van der Waals surface area contributed by atoms with Gasteiger partial charge in [0.1, 0.15) is 5.75 Å². The van der Waals surface area contributed by atoms with Crippen LogP contribution in [-0.4, -0.2) is 5.11 Å². The largest absolute Gasteiger partial charge is 0.507 e. The van der Waals surface area contributed by atoms with Gasteiger partial charge >= 0.3 is 0 Å². The van der Waals surface area contributed by atoms with Crippen LogP contribution in [0, 0.1) is 0 Å². The molecule has 1 nitrogen and oxygen atoms in total. The third kappa shape index (κ3) is 2.39. The van der Waals surface area contributed by atoms with Crippen molar-refractivity contribution >= 4 is 11.3 Å². The van der Waals surface area contributed by atoms with E-state index in [2.05, 4.69) is 31.2 Å². The van der Waals surface area contributed by atoms with Crippen LogP contribution in [0.15, 0.2) is 35.7 Å². The zero-order valence-electron chi connectivity index (χ0n) is 8.73. The number of thiophene rings is 1. The molecule has 0 aliphatic carbocycles. The first-order chi connectivity index (χ1) is 7.29. The van der Waals surface area contributed by atoms with Crippen molar-refractivity contribution in [3.63, 3.8) is 0 Å². The van der Waals surface area contributed by atoms with Gasteiger partial charge in [-0.25, -0.2) is 0 Å². The van der Waals surface area contributed by atoms with E-state index < -0.39 is 0 Å². The van der Waals surface area contributed by atoms with Crippen molar-refractivity contribution < 1.29 is 5.11 Å². The van der Waals surface area contributed by atoms with Crippen LogP contribution in [0.1, 0.15) is 22.9 Å². The van der Waals surface area contributed by atoms with Crippen LogP contribution in [0.3, 0.4) is 0 Å². The molecule has 78 valence electrons. The molecule has 0 saturated carbocycles.